The molecule has 0 unspecified atom stereocenters. The van der Waals surface area contributed by atoms with Gasteiger partial charge in [0.15, 0.2) is 17.4 Å². The summed E-state index contributed by atoms with van der Waals surface area (Å²) in [6, 6.07) is 11.3. The lowest BCUT2D eigenvalue weighted by Crippen LogP contribution is -2.42. The standard InChI is InChI=1S/C25H28F2N2O3/c1-28(17-24-25(30)20-6-2-3-7-23(20)32-24)18-10-13-29(14-11-18)12-4-5-15-31-19-8-9-21(26)22(27)16-19/h2-3,6-9,16-18H,4-5,10-15H2,1H3/b24-17-. The van der Waals surface area contributed by atoms with Gasteiger partial charge in [-0.15, -0.1) is 0 Å². The molecule has 0 radical (unpaired) electrons. The first kappa shape index (κ1) is 22.3. The van der Waals surface area contributed by atoms with Crippen molar-refractivity contribution in [2.24, 2.45) is 0 Å². The SMILES string of the molecule is CN(/C=C1\Oc2ccccc2C1=O)C1CCN(CCCCOc2ccc(F)c(F)c2)CC1. The number of hydrogen-bond donors (Lipinski definition) is 0. The molecule has 5 nitrogen and oxygen atoms in total. The van der Waals surface area contributed by atoms with Crippen molar-refractivity contribution in [3.63, 3.8) is 0 Å². The van der Waals surface area contributed by atoms with E-state index in [2.05, 4.69) is 9.80 Å². The monoisotopic (exact) mass is 442 g/mol. The van der Waals surface area contributed by atoms with Crippen molar-refractivity contribution in [1.82, 2.24) is 9.80 Å². The fourth-order valence-corrected chi connectivity index (χ4v) is 4.16. The van der Waals surface area contributed by atoms with Crippen LogP contribution < -0.4 is 9.47 Å². The summed E-state index contributed by atoms with van der Waals surface area (Å²) in [5.41, 5.74) is 0.621. The molecule has 7 heteroatoms. The van der Waals surface area contributed by atoms with Crippen LogP contribution in [-0.4, -0.2) is 54.9 Å². The molecule has 2 aliphatic heterocycles. The average molecular weight is 443 g/mol. The van der Waals surface area contributed by atoms with Crippen LogP contribution in [0, 0.1) is 11.6 Å². The van der Waals surface area contributed by atoms with Crippen molar-refractivity contribution in [1.29, 1.82) is 0 Å². The Morgan fingerprint density at radius 1 is 1.12 bits per heavy atom. The quantitative estimate of drug-likeness (QED) is 0.440. The fraction of sp³-hybridized carbons (Fsp3) is 0.400. The van der Waals surface area contributed by atoms with Crippen LogP contribution in [0.1, 0.15) is 36.0 Å². The number of carbonyl (C=O) groups is 1. The normalized spacial score (nSPS) is 18.0. The molecule has 0 atom stereocenters. The Kier molecular flexibility index (Phi) is 7.05. The first-order chi connectivity index (χ1) is 15.5. The molecule has 0 N–H and O–H groups in total. The summed E-state index contributed by atoms with van der Waals surface area (Å²) < 4.78 is 37.4. The van der Waals surface area contributed by atoms with Gasteiger partial charge < -0.3 is 19.3 Å². The van der Waals surface area contributed by atoms with Gasteiger partial charge in [0.25, 0.3) is 0 Å². The summed E-state index contributed by atoms with van der Waals surface area (Å²) in [7, 11) is 2.00. The average Bonchev–Trinajstić information content (AvgIpc) is 3.11. The number of ether oxygens (including phenoxy) is 2. The number of nitrogens with zero attached hydrogens (tertiary/aromatic N) is 2. The molecule has 1 fully saturated rings. The molecule has 0 saturated carbocycles. The molecule has 4 rings (SSSR count). The number of rotatable bonds is 8. The Balaban J connectivity index is 1.15. The largest absolute Gasteiger partial charge is 0.493 e. The molecule has 2 heterocycles. The topological polar surface area (TPSA) is 42.0 Å². The van der Waals surface area contributed by atoms with E-state index in [1.54, 1.807) is 6.07 Å². The second-order valence-electron chi connectivity index (χ2n) is 8.29. The van der Waals surface area contributed by atoms with Crippen LogP contribution in [0.25, 0.3) is 0 Å². The first-order valence-corrected chi connectivity index (χ1v) is 11.1. The second-order valence-corrected chi connectivity index (χ2v) is 8.29. The predicted octanol–water partition coefficient (Wildman–Crippen LogP) is 4.64. The maximum absolute atomic E-state index is 13.2. The van der Waals surface area contributed by atoms with Gasteiger partial charge in [-0.05, 0) is 56.5 Å². The highest BCUT2D eigenvalue weighted by molar-refractivity contribution is 6.12. The van der Waals surface area contributed by atoms with Gasteiger partial charge in [0.2, 0.25) is 5.78 Å². The van der Waals surface area contributed by atoms with Crippen LogP contribution in [0.4, 0.5) is 8.78 Å². The van der Waals surface area contributed by atoms with Crippen LogP contribution in [-0.2, 0) is 0 Å². The molecule has 0 aliphatic carbocycles. The Labute approximate surface area is 187 Å². The van der Waals surface area contributed by atoms with Crippen LogP contribution in [0.5, 0.6) is 11.5 Å². The predicted molar refractivity (Wildman–Crippen MR) is 118 cm³/mol. The minimum Gasteiger partial charge on any atom is -0.493 e. The van der Waals surface area contributed by atoms with Crippen LogP contribution in [0.2, 0.25) is 0 Å². The van der Waals surface area contributed by atoms with Crippen molar-refractivity contribution < 1.29 is 23.0 Å². The van der Waals surface area contributed by atoms with Gasteiger partial charge in [-0.2, -0.15) is 0 Å². The van der Waals surface area contributed by atoms with E-state index in [1.807, 2.05) is 31.4 Å². The second kappa shape index (κ2) is 10.1. The Morgan fingerprint density at radius 2 is 1.91 bits per heavy atom. The number of fused-ring (bicyclic) bond motifs is 1. The number of likely N-dealkylation sites (tertiary alicyclic amines) is 1. The lowest BCUT2D eigenvalue weighted by atomic mass is 10.0. The van der Waals surface area contributed by atoms with E-state index >= 15 is 0 Å². The third-order valence-electron chi connectivity index (χ3n) is 6.06. The van der Waals surface area contributed by atoms with E-state index in [0.29, 0.717) is 35.5 Å². The summed E-state index contributed by atoms with van der Waals surface area (Å²) >= 11 is 0. The highest BCUT2D eigenvalue weighted by atomic mass is 19.2. The van der Waals surface area contributed by atoms with Gasteiger partial charge in [0.05, 0.1) is 12.2 Å². The zero-order valence-corrected chi connectivity index (χ0v) is 18.2. The molecule has 0 bridgehead atoms. The van der Waals surface area contributed by atoms with E-state index in [0.717, 1.165) is 57.5 Å². The number of para-hydroxylation sites is 1. The van der Waals surface area contributed by atoms with Gasteiger partial charge in [-0.3, -0.25) is 4.79 Å². The summed E-state index contributed by atoms with van der Waals surface area (Å²) in [5, 5.41) is 0. The lowest BCUT2D eigenvalue weighted by molar-refractivity contribution is 0.100. The highest BCUT2D eigenvalue weighted by Crippen LogP contribution is 2.31. The van der Waals surface area contributed by atoms with Gasteiger partial charge in [-0.1, -0.05) is 12.1 Å². The molecule has 0 aromatic heterocycles. The minimum atomic E-state index is -0.889. The summed E-state index contributed by atoms with van der Waals surface area (Å²) in [5.74, 6) is -0.447. The van der Waals surface area contributed by atoms with Crippen LogP contribution in [0.3, 0.4) is 0 Å². The van der Waals surface area contributed by atoms with Crippen LogP contribution >= 0.6 is 0 Å². The fourth-order valence-electron chi connectivity index (χ4n) is 4.16. The molecule has 0 spiro atoms. The van der Waals surface area contributed by atoms with Gasteiger partial charge >= 0.3 is 0 Å². The number of allylic oxidation sites excluding steroid dienone is 1. The van der Waals surface area contributed by atoms with E-state index in [-0.39, 0.29) is 5.78 Å². The Bertz CT molecular complexity index is 987. The lowest BCUT2D eigenvalue weighted by Gasteiger charge is -2.36. The first-order valence-electron chi connectivity index (χ1n) is 11.1. The summed E-state index contributed by atoms with van der Waals surface area (Å²) in [4.78, 5) is 17.0. The van der Waals surface area contributed by atoms with Gasteiger partial charge in [-0.25, -0.2) is 8.78 Å². The number of carbonyl (C=O) groups excluding carboxylic acids is 1. The molecular weight excluding hydrogens is 414 g/mol. The number of ketones is 1. The minimum absolute atomic E-state index is 0.0597. The zero-order chi connectivity index (χ0) is 22.5. The van der Waals surface area contributed by atoms with Crippen LogP contribution in [0.15, 0.2) is 54.4 Å². The van der Waals surface area contributed by atoms with Gasteiger partial charge in [0, 0.05) is 38.4 Å². The number of halogens is 2. The molecule has 2 aromatic rings. The van der Waals surface area contributed by atoms with Crippen molar-refractivity contribution >= 4 is 5.78 Å². The smallest absolute Gasteiger partial charge is 0.233 e. The summed E-state index contributed by atoms with van der Waals surface area (Å²) in [6.45, 7) is 3.46. The maximum atomic E-state index is 13.2. The zero-order valence-electron chi connectivity index (χ0n) is 18.2. The van der Waals surface area contributed by atoms with E-state index in [9.17, 15) is 13.6 Å². The highest BCUT2D eigenvalue weighted by Gasteiger charge is 2.28. The van der Waals surface area contributed by atoms with Crippen molar-refractivity contribution in [3.05, 3.63) is 71.6 Å². The van der Waals surface area contributed by atoms with Crippen molar-refractivity contribution in [2.45, 2.75) is 31.7 Å². The van der Waals surface area contributed by atoms with E-state index in [1.165, 1.54) is 6.07 Å². The molecule has 170 valence electrons. The molecule has 2 aromatic carbocycles. The number of benzene rings is 2. The molecule has 0 amide bonds. The molecule has 1 saturated heterocycles. The van der Waals surface area contributed by atoms with Gasteiger partial charge in [0.1, 0.15) is 11.5 Å². The molecular formula is C25H28F2N2O3. The maximum Gasteiger partial charge on any atom is 0.233 e. The Morgan fingerprint density at radius 3 is 2.66 bits per heavy atom. The van der Waals surface area contributed by atoms with Crippen molar-refractivity contribution in [3.8, 4) is 11.5 Å². The molecule has 32 heavy (non-hydrogen) atoms. The third kappa shape index (κ3) is 5.27. The van der Waals surface area contributed by atoms with Crippen molar-refractivity contribution in [2.75, 3.05) is 33.3 Å². The number of piperidine rings is 1. The Hall–Kier alpha value is -2.93. The van der Waals surface area contributed by atoms with E-state index < -0.39 is 11.6 Å². The number of hydrogen-bond acceptors (Lipinski definition) is 5. The number of Topliss-reactive ketones (excluding diaryl/α,β-unsaturated/α-hetero) is 1. The van der Waals surface area contributed by atoms with E-state index in [4.69, 9.17) is 9.47 Å². The molecule has 2 aliphatic rings. The number of unbranched alkanes of at least 4 members (excludes halogenated alkanes) is 1. The third-order valence-corrected chi connectivity index (χ3v) is 6.06. The summed E-state index contributed by atoms with van der Waals surface area (Å²) in [6.07, 6.45) is 5.71.